The van der Waals surface area contributed by atoms with E-state index >= 15 is 0 Å². The highest BCUT2D eigenvalue weighted by molar-refractivity contribution is 7.89. The molecule has 6 heteroatoms. The van der Waals surface area contributed by atoms with E-state index in [2.05, 4.69) is 5.92 Å². The van der Waals surface area contributed by atoms with Gasteiger partial charge in [0.2, 0.25) is 10.0 Å². The molecule has 15 heavy (non-hydrogen) atoms. The van der Waals surface area contributed by atoms with Crippen molar-refractivity contribution < 1.29 is 17.2 Å². The molecule has 1 N–H and O–H groups in total. The maximum absolute atomic E-state index is 12.7. The number of rotatable bonds is 3. The Hall–Kier alpha value is -1.45. The fourth-order valence-electron chi connectivity index (χ4n) is 0.864. The van der Waals surface area contributed by atoms with Crippen molar-refractivity contribution in [1.29, 1.82) is 0 Å². The van der Waals surface area contributed by atoms with Gasteiger partial charge in [0.25, 0.3) is 0 Å². The molecule has 0 aromatic heterocycles. The normalized spacial score (nSPS) is 11.0. The monoisotopic (exact) mass is 231 g/mol. The van der Waals surface area contributed by atoms with Crippen molar-refractivity contribution in [2.75, 3.05) is 6.54 Å². The zero-order valence-corrected chi connectivity index (χ0v) is 8.31. The van der Waals surface area contributed by atoms with Gasteiger partial charge in [-0.05, 0) is 18.2 Å². The van der Waals surface area contributed by atoms with Crippen LogP contribution >= 0.6 is 0 Å². The number of hydrogen-bond donors (Lipinski definition) is 1. The molecule has 0 radical (unpaired) electrons. The molecule has 80 valence electrons. The van der Waals surface area contributed by atoms with Crippen LogP contribution in [-0.4, -0.2) is 15.0 Å². The molecule has 1 rings (SSSR count). The lowest BCUT2D eigenvalue weighted by Gasteiger charge is -2.03. The molecule has 0 saturated carbocycles. The van der Waals surface area contributed by atoms with E-state index in [1.807, 2.05) is 4.72 Å². The molecule has 0 spiro atoms. The summed E-state index contributed by atoms with van der Waals surface area (Å²) in [4.78, 5) is -0.364. The van der Waals surface area contributed by atoms with Crippen LogP contribution in [0.15, 0.2) is 23.1 Å². The van der Waals surface area contributed by atoms with Gasteiger partial charge in [-0.3, -0.25) is 0 Å². The molecule has 0 fully saturated rings. The Balaban J connectivity index is 3.07. The van der Waals surface area contributed by atoms with Gasteiger partial charge in [0, 0.05) is 0 Å². The van der Waals surface area contributed by atoms with Crippen LogP contribution in [0.2, 0.25) is 0 Å². The predicted octanol–water partition coefficient (Wildman–Crippen LogP) is 0.876. The second kappa shape index (κ2) is 4.38. The summed E-state index contributed by atoms with van der Waals surface area (Å²) >= 11 is 0. The van der Waals surface area contributed by atoms with E-state index in [0.717, 1.165) is 12.1 Å². The third-order valence-electron chi connectivity index (χ3n) is 1.57. The highest BCUT2D eigenvalue weighted by atomic mass is 32.2. The maximum atomic E-state index is 12.7. The van der Waals surface area contributed by atoms with Gasteiger partial charge in [0.05, 0.1) is 11.4 Å². The van der Waals surface area contributed by atoms with Crippen LogP contribution in [0.3, 0.4) is 0 Å². The Morgan fingerprint density at radius 3 is 2.53 bits per heavy atom. The lowest BCUT2D eigenvalue weighted by Crippen LogP contribution is -2.24. The first kappa shape index (κ1) is 11.6. The lowest BCUT2D eigenvalue weighted by atomic mass is 10.3. The second-order valence-electron chi connectivity index (χ2n) is 2.60. The SMILES string of the molecule is C#CCNS(=O)(=O)c1ccc(F)c(F)c1. The standard InChI is InChI=1S/C9H7F2NO2S/c1-2-5-12-15(13,14)7-3-4-8(10)9(11)6-7/h1,3-4,6,12H,5H2. The minimum Gasteiger partial charge on any atom is -0.207 e. The molecular formula is C9H7F2NO2S. The summed E-state index contributed by atoms with van der Waals surface area (Å²) in [6.07, 6.45) is 4.86. The number of terminal acetylenes is 1. The van der Waals surface area contributed by atoms with Gasteiger partial charge in [-0.1, -0.05) is 5.92 Å². The Morgan fingerprint density at radius 2 is 2.00 bits per heavy atom. The highest BCUT2D eigenvalue weighted by Gasteiger charge is 2.15. The van der Waals surface area contributed by atoms with Crippen molar-refractivity contribution in [2.24, 2.45) is 0 Å². The summed E-state index contributed by atoms with van der Waals surface area (Å²) < 4.78 is 50.0. The summed E-state index contributed by atoms with van der Waals surface area (Å²) in [6.45, 7) is -0.207. The average Bonchev–Trinajstić information content (AvgIpc) is 2.19. The van der Waals surface area contributed by atoms with Gasteiger partial charge in [-0.2, -0.15) is 4.72 Å². The Morgan fingerprint density at radius 1 is 1.33 bits per heavy atom. The van der Waals surface area contributed by atoms with E-state index in [-0.39, 0.29) is 11.4 Å². The minimum atomic E-state index is -3.86. The van der Waals surface area contributed by atoms with Gasteiger partial charge in [-0.15, -0.1) is 6.42 Å². The molecule has 0 aliphatic carbocycles. The molecule has 1 aromatic carbocycles. The molecule has 0 amide bonds. The first-order chi connectivity index (χ1) is 6.97. The molecule has 0 aliphatic heterocycles. The van der Waals surface area contributed by atoms with E-state index in [1.165, 1.54) is 0 Å². The molecule has 0 heterocycles. The van der Waals surface area contributed by atoms with Gasteiger partial charge < -0.3 is 0 Å². The maximum Gasteiger partial charge on any atom is 0.241 e. The fourth-order valence-corrected chi connectivity index (χ4v) is 1.81. The van der Waals surface area contributed by atoms with Crippen molar-refractivity contribution in [2.45, 2.75) is 4.90 Å². The summed E-state index contributed by atoms with van der Waals surface area (Å²) in [5.41, 5.74) is 0. The second-order valence-corrected chi connectivity index (χ2v) is 4.37. The molecule has 0 aliphatic rings. The largest absolute Gasteiger partial charge is 0.241 e. The van der Waals surface area contributed by atoms with Crippen LogP contribution in [-0.2, 0) is 10.0 Å². The third-order valence-corrected chi connectivity index (χ3v) is 2.96. The number of benzene rings is 1. The van der Waals surface area contributed by atoms with E-state index in [9.17, 15) is 17.2 Å². The summed E-state index contributed by atoms with van der Waals surface area (Å²) in [5.74, 6) is -0.268. The Bertz CT molecular complexity index is 505. The van der Waals surface area contributed by atoms with Crippen molar-refractivity contribution in [3.05, 3.63) is 29.8 Å². The number of nitrogens with one attached hydrogen (secondary N) is 1. The first-order valence-electron chi connectivity index (χ1n) is 3.85. The Kier molecular flexibility index (Phi) is 3.39. The summed E-state index contributed by atoms with van der Waals surface area (Å²) in [7, 11) is -3.86. The fraction of sp³-hybridized carbons (Fsp3) is 0.111. The lowest BCUT2D eigenvalue weighted by molar-refractivity contribution is 0.504. The average molecular weight is 231 g/mol. The zero-order chi connectivity index (χ0) is 11.5. The summed E-state index contributed by atoms with van der Waals surface area (Å²) in [6, 6.07) is 2.28. The van der Waals surface area contributed by atoms with Crippen LogP contribution in [0.5, 0.6) is 0 Å². The predicted molar refractivity (Wildman–Crippen MR) is 50.4 cm³/mol. The smallest absolute Gasteiger partial charge is 0.207 e. The van der Waals surface area contributed by atoms with Crippen LogP contribution < -0.4 is 4.72 Å². The molecule has 0 saturated heterocycles. The third kappa shape index (κ3) is 2.75. The molecular weight excluding hydrogens is 224 g/mol. The van der Waals surface area contributed by atoms with E-state index in [0.29, 0.717) is 6.07 Å². The number of hydrogen-bond acceptors (Lipinski definition) is 2. The van der Waals surface area contributed by atoms with Crippen LogP contribution in [0.4, 0.5) is 8.78 Å². The molecule has 3 nitrogen and oxygen atoms in total. The van der Waals surface area contributed by atoms with Gasteiger partial charge in [0.15, 0.2) is 11.6 Å². The van der Waals surface area contributed by atoms with E-state index in [4.69, 9.17) is 6.42 Å². The highest BCUT2D eigenvalue weighted by Crippen LogP contribution is 2.13. The molecule has 0 atom stereocenters. The van der Waals surface area contributed by atoms with Gasteiger partial charge in [-0.25, -0.2) is 17.2 Å². The van der Waals surface area contributed by atoms with Crippen LogP contribution in [0.1, 0.15) is 0 Å². The first-order valence-corrected chi connectivity index (χ1v) is 5.34. The van der Waals surface area contributed by atoms with Crippen LogP contribution in [0.25, 0.3) is 0 Å². The molecule has 0 bridgehead atoms. The van der Waals surface area contributed by atoms with E-state index in [1.54, 1.807) is 0 Å². The van der Waals surface area contributed by atoms with Crippen molar-refractivity contribution in [3.63, 3.8) is 0 Å². The van der Waals surface area contributed by atoms with Crippen molar-refractivity contribution >= 4 is 10.0 Å². The Labute approximate surface area is 86.2 Å². The topological polar surface area (TPSA) is 46.2 Å². The summed E-state index contributed by atoms with van der Waals surface area (Å²) in [5, 5.41) is 0. The molecule has 1 aromatic rings. The van der Waals surface area contributed by atoms with Gasteiger partial charge in [0.1, 0.15) is 0 Å². The number of sulfonamides is 1. The quantitative estimate of drug-likeness (QED) is 0.785. The minimum absolute atomic E-state index is 0.207. The van der Waals surface area contributed by atoms with Gasteiger partial charge >= 0.3 is 0 Å². The van der Waals surface area contributed by atoms with Crippen molar-refractivity contribution in [3.8, 4) is 12.3 Å². The van der Waals surface area contributed by atoms with E-state index < -0.39 is 21.7 Å². The number of halogens is 2. The van der Waals surface area contributed by atoms with Crippen molar-refractivity contribution in [1.82, 2.24) is 4.72 Å². The molecule has 0 unspecified atom stereocenters. The zero-order valence-electron chi connectivity index (χ0n) is 7.50. The van der Waals surface area contributed by atoms with Crippen LogP contribution in [0, 0.1) is 24.0 Å².